The molecule has 0 saturated heterocycles. The highest BCUT2D eigenvalue weighted by Gasteiger charge is 2.29. The maximum absolute atomic E-state index is 12.9. The molecule has 0 aliphatic carbocycles. The molecule has 101 heavy (non-hydrogen) atoms. The van der Waals surface area contributed by atoms with Crippen molar-refractivity contribution >= 4 is 33.6 Å². The van der Waals surface area contributed by atoms with E-state index in [4.69, 9.17) is 32.3 Å². The number of aliphatic hydroxyl groups is 2. The van der Waals surface area contributed by atoms with Crippen LogP contribution >= 0.6 is 15.6 Å². The SMILES string of the molecule is CC/C=C\C/C=C\C/C=C\C/C=C\C/C=C\CCCCCCCCCCCCCCCCCCCC(=O)OCC(O)COP(=O)(O)OCC(O)COP(=O)(O)OCC(COC(=O)CCCCC/C=C\C/C=C\C/C=C\C/C=C\C/C=C\CC)OC(=O)CCCCCCC/C=C\C/C=C\CCC. The van der Waals surface area contributed by atoms with Gasteiger partial charge in [0.1, 0.15) is 25.4 Å². The minimum absolute atomic E-state index is 0.0774. The minimum Gasteiger partial charge on any atom is -0.463 e. The van der Waals surface area contributed by atoms with E-state index >= 15 is 0 Å². The number of carbonyl (C=O) groups is 3. The number of ether oxygens (including phenoxy) is 3. The number of hydrogen-bond donors (Lipinski definition) is 4. The van der Waals surface area contributed by atoms with E-state index in [1.54, 1.807) is 0 Å². The maximum Gasteiger partial charge on any atom is 0.472 e. The summed E-state index contributed by atoms with van der Waals surface area (Å²) in [5, 5.41) is 20.6. The van der Waals surface area contributed by atoms with E-state index < -0.39 is 91.5 Å². The van der Waals surface area contributed by atoms with Crippen LogP contribution in [0.25, 0.3) is 0 Å². The number of carbonyl (C=O) groups excluding carboxylic acids is 3. The maximum atomic E-state index is 12.9. The summed E-state index contributed by atoms with van der Waals surface area (Å²) >= 11 is 0. The van der Waals surface area contributed by atoms with Gasteiger partial charge in [-0.15, -0.1) is 0 Å². The van der Waals surface area contributed by atoms with E-state index in [2.05, 4.69) is 167 Å². The molecule has 0 saturated carbocycles. The van der Waals surface area contributed by atoms with Crippen LogP contribution in [0.3, 0.4) is 0 Å². The van der Waals surface area contributed by atoms with Gasteiger partial charge in [-0.25, -0.2) is 9.13 Å². The summed E-state index contributed by atoms with van der Waals surface area (Å²) in [6, 6.07) is 0. The number of phosphoric ester groups is 2. The Hall–Kier alpha value is -4.57. The summed E-state index contributed by atoms with van der Waals surface area (Å²) in [6.07, 6.45) is 92.1. The third kappa shape index (κ3) is 76.4. The normalized spacial score (nSPS) is 14.8. The fourth-order valence-electron chi connectivity index (χ4n) is 10.1. The lowest BCUT2D eigenvalue weighted by atomic mass is 10.0. The molecule has 0 spiro atoms. The Morgan fingerprint density at radius 3 is 0.842 bits per heavy atom. The van der Waals surface area contributed by atoms with Crippen molar-refractivity contribution in [3.05, 3.63) is 146 Å². The molecule has 0 aromatic heterocycles. The molecule has 0 aliphatic heterocycles. The first-order valence-electron chi connectivity index (χ1n) is 39.1. The predicted octanol–water partition coefficient (Wildman–Crippen LogP) is 22.9. The lowest BCUT2D eigenvalue weighted by molar-refractivity contribution is -0.161. The molecule has 0 bridgehead atoms. The van der Waals surface area contributed by atoms with Crippen LogP contribution in [0.5, 0.6) is 0 Å². The zero-order chi connectivity index (χ0) is 73.7. The minimum atomic E-state index is -4.94. The Balaban J connectivity index is 4.43. The molecule has 0 radical (unpaired) electrons. The van der Waals surface area contributed by atoms with Crippen molar-refractivity contribution in [3.8, 4) is 0 Å². The topological polar surface area (TPSA) is 231 Å². The third-order valence-electron chi connectivity index (χ3n) is 16.0. The van der Waals surface area contributed by atoms with Crippen LogP contribution in [0.2, 0.25) is 0 Å². The van der Waals surface area contributed by atoms with Crippen molar-refractivity contribution in [1.29, 1.82) is 0 Å². The quantitative estimate of drug-likeness (QED) is 0.0146. The van der Waals surface area contributed by atoms with Crippen LogP contribution in [0.1, 0.15) is 303 Å². The van der Waals surface area contributed by atoms with Gasteiger partial charge >= 0.3 is 33.6 Å². The van der Waals surface area contributed by atoms with Gasteiger partial charge < -0.3 is 34.2 Å². The molecule has 4 N–H and O–H groups in total. The summed E-state index contributed by atoms with van der Waals surface area (Å²) in [5.41, 5.74) is 0. The average Bonchev–Trinajstić information content (AvgIpc) is 0.933. The lowest BCUT2D eigenvalue weighted by Crippen LogP contribution is -2.30. The van der Waals surface area contributed by atoms with E-state index in [1.807, 2.05) is 0 Å². The second-order valence-corrected chi connectivity index (χ2v) is 28.7. The Morgan fingerprint density at radius 1 is 0.287 bits per heavy atom. The van der Waals surface area contributed by atoms with Crippen LogP contribution in [0.4, 0.5) is 0 Å². The fraction of sp³-hybridized carbons (Fsp3) is 0.675. The monoisotopic (exact) mass is 1450 g/mol. The number of allylic oxidation sites excluding steroid dienone is 24. The highest BCUT2D eigenvalue weighted by molar-refractivity contribution is 7.47. The third-order valence-corrected chi connectivity index (χ3v) is 17.9. The Bertz CT molecular complexity index is 2420. The predicted molar refractivity (Wildman–Crippen MR) is 417 cm³/mol. The highest BCUT2D eigenvalue weighted by atomic mass is 31.2. The molecular weight excluding hydrogens is 1310 g/mol. The number of hydrogen-bond acceptors (Lipinski definition) is 14. The van der Waals surface area contributed by atoms with Crippen LogP contribution in [0.15, 0.2) is 146 Å². The van der Waals surface area contributed by atoms with Gasteiger partial charge in [0.15, 0.2) is 6.10 Å². The molecule has 18 heteroatoms. The van der Waals surface area contributed by atoms with Crippen molar-refractivity contribution < 1.29 is 75.8 Å². The smallest absolute Gasteiger partial charge is 0.463 e. The van der Waals surface area contributed by atoms with Crippen molar-refractivity contribution in [2.24, 2.45) is 0 Å². The average molecular weight is 1460 g/mol. The second-order valence-electron chi connectivity index (χ2n) is 25.7. The summed E-state index contributed by atoms with van der Waals surface area (Å²) in [6.45, 7) is 2.33. The Kier molecular flexibility index (Phi) is 71.7. The van der Waals surface area contributed by atoms with E-state index in [-0.39, 0.29) is 19.3 Å². The zero-order valence-electron chi connectivity index (χ0n) is 63.0. The lowest BCUT2D eigenvalue weighted by Gasteiger charge is -2.21. The fourth-order valence-corrected chi connectivity index (χ4v) is 11.7. The van der Waals surface area contributed by atoms with Gasteiger partial charge in [-0.2, -0.15) is 0 Å². The van der Waals surface area contributed by atoms with Gasteiger partial charge in [0, 0.05) is 19.3 Å². The summed E-state index contributed by atoms with van der Waals surface area (Å²) in [7, 11) is -9.80. The van der Waals surface area contributed by atoms with Gasteiger partial charge in [0.05, 0.1) is 26.4 Å². The molecule has 0 rings (SSSR count). The molecule has 0 aromatic carbocycles. The summed E-state index contributed by atoms with van der Waals surface area (Å²) in [5.74, 6) is -1.63. The van der Waals surface area contributed by atoms with Gasteiger partial charge in [-0.3, -0.25) is 32.5 Å². The highest BCUT2D eigenvalue weighted by Crippen LogP contribution is 2.45. The number of phosphoric acid groups is 2. The summed E-state index contributed by atoms with van der Waals surface area (Å²) in [4.78, 5) is 58.5. The Morgan fingerprint density at radius 2 is 0.525 bits per heavy atom. The van der Waals surface area contributed by atoms with Gasteiger partial charge in [-0.05, 0) is 135 Å². The van der Waals surface area contributed by atoms with Gasteiger partial charge in [0.2, 0.25) is 0 Å². The molecule has 16 nitrogen and oxygen atoms in total. The van der Waals surface area contributed by atoms with Crippen molar-refractivity contribution in [3.63, 3.8) is 0 Å². The van der Waals surface area contributed by atoms with E-state index in [1.165, 1.54) is 89.9 Å². The standard InChI is InChI=1S/C83H140O16P2/c1-4-7-10-13-16-19-22-25-27-29-31-32-33-34-35-36-37-38-39-40-41-42-43-44-46-48-49-52-54-57-60-63-66-69-81(86)93-72-78(84)73-95-100(89,90)96-74-79(85)75-97-101(91,92)98-77-80(99-83(88)71-68-65-62-59-56-51-24-21-18-15-12-9-6-3)76-94-82(87)70-67-64-61-58-55-53-50-47-45-30-28-26-23-20-17-14-11-8-5-2/h7-8,10-12,15-17,19-21,24-28,31-32,34-35,45,47,53,55,78-80,84-85H,4-6,9,13-14,18,22-23,29-30,33,36-44,46,48-52,54,56-77H2,1-3H3,(H,89,90)(H,91,92)/b10-7-,11-8-,15-12-,19-16-,20-17-,24-21-,27-25-,28-26-,32-31-,35-34-,47-45-,55-53-. The van der Waals surface area contributed by atoms with Crippen molar-refractivity contribution in [1.82, 2.24) is 0 Å². The first kappa shape index (κ1) is 96.4. The first-order valence-corrected chi connectivity index (χ1v) is 42.1. The van der Waals surface area contributed by atoms with Crippen molar-refractivity contribution in [2.75, 3.05) is 39.6 Å². The zero-order valence-corrected chi connectivity index (χ0v) is 64.8. The van der Waals surface area contributed by atoms with Crippen LogP contribution in [-0.2, 0) is 55.8 Å². The molecule has 0 aromatic rings. The largest absolute Gasteiger partial charge is 0.472 e. The van der Waals surface area contributed by atoms with E-state index in [0.717, 1.165) is 154 Å². The van der Waals surface area contributed by atoms with Crippen LogP contribution < -0.4 is 0 Å². The number of rotatable bonds is 73. The molecular formula is C83H140O16P2. The molecule has 5 unspecified atom stereocenters. The second kappa shape index (κ2) is 75.1. The molecule has 0 amide bonds. The molecule has 0 fully saturated rings. The van der Waals surface area contributed by atoms with E-state index in [9.17, 15) is 43.5 Å². The number of unbranched alkanes of at least 4 members (excludes halogenated alkanes) is 26. The van der Waals surface area contributed by atoms with E-state index in [0.29, 0.717) is 19.3 Å². The first-order chi connectivity index (χ1) is 49.2. The molecule has 0 heterocycles. The number of aliphatic hydroxyl groups excluding tert-OH is 2. The van der Waals surface area contributed by atoms with Crippen LogP contribution in [-0.4, -0.2) is 95.9 Å². The Labute approximate surface area is 613 Å². The molecule has 578 valence electrons. The number of esters is 3. The van der Waals surface area contributed by atoms with Crippen LogP contribution in [0, 0.1) is 0 Å². The van der Waals surface area contributed by atoms with Gasteiger partial charge in [0.25, 0.3) is 0 Å². The summed E-state index contributed by atoms with van der Waals surface area (Å²) < 4.78 is 61.0. The molecule has 0 aliphatic rings. The van der Waals surface area contributed by atoms with Crippen molar-refractivity contribution in [2.45, 2.75) is 322 Å². The van der Waals surface area contributed by atoms with Gasteiger partial charge in [-0.1, -0.05) is 295 Å². The molecule has 5 atom stereocenters.